The predicted octanol–water partition coefficient (Wildman–Crippen LogP) is 2.13. The minimum absolute atomic E-state index is 0.0404. The topological polar surface area (TPSA) is 63.6 Å². The van der Waals surface area contributed by atoms with Crippen LogP contribution < -0.4 is 4.74 Å². The van der Waals surface area contributed by atoms with Gasteiger partial charge in [-0.05, 0) is 26.0 Å². The molecule has 0 aliphatic carbocycles. The van der Waals surface area contributed by atoms with Crippen LogP contribution in [0.2, 0.25) is 0 Å². The number of rotatable bonds is 1. The lowest BCUT2D eigenvalue weighted by Crippen LogP contribution is -2.36. The lowest BCUT2D eigenvalue weighted by Gasteiger charge is -2.32. The van der Waals surface area contributed by atoms with Gasteiger partial charge in [-0.3, -0.25) is 4.79 Å². The van der Waals surface area contributed by atoms with Gasteiger partial charge >= 0.3 is 5.97 Å². The third-order valence-corrected chi connectivity index (χ3v) is 2.51. The molecule has 4 nitrogen and oxygen atoms in total. The maximum atomic E-state index is 11.8. The Morgan fingerprint density at radius 3 is 2.75 bits per heavy atom. The molecule has 2 rings (SSSR count). The molecule has 16 heavy (non-hydrogen) atoms. The van der Waals surface area contributed by atoms with Gasteiger partial charge in [-0.2, -0.15) is 0 Å². The number of carboxylic acids is 1. The van der Waals surface area contributed by atoms with E-state index in [4.69, 9.17) is 9.84 Å². The van der Waals surface area contributed by atoms with E-state index in [2.05, 4.69) is 0 Å². The molecule has 1 aliphatic rings. The van der Waals surface area contributed by atoms with E-state index in [0.29, 0.717) is 5.56 Å². The average Bonchev–Trinajstić information content (AvgIpc) is 2.14. The van der Waals surface area contributed by atoms with Crippen molar-refractivity contribution in [3.63, 3.8) is 0 Å². The first-order valence-corrected chi connectivity index (χ1v) is 4.99. The van der Waals surface area contributed by atoms with E-state index in [9.17, 15) is 9.59 Å². The minimum atomic E-state index is -1.08. The zero-order valence-corrected chi connectivity index (χ0v) is 9.11. The Bertz CT molecular complexity index is 460. The fourth-order valence-corrected chi connectivity index (χ4v) is 1.83. The highest BCUT2D eigenvalue weighted by Gasteiger charge is 2.34. The minimum Gasteiger partial charge on any atom is -0.486 e. The van der Waals surface area contributed by atoms with Gasteiger partial charge in [0.15, 0.2) is 5.78 Å². The lowest BCUT2D eigenvalue weighted by atomic mass is 9.91. The highest BCUT2D eigenvalue weighted by atomic mass is 16.5. The van der Waals surface area contributed by atoms with Gasteiger partial charge in [0.05, 0.1) is 12.0 Å². The van der Waals surface area contributed by atoms with Gasteiger partial charge < -0.3 is 9.84 Å². The monoisotopic (exact) mass is 220 g/mol. The summed E-state index contributed by atoms with van der Waals surface area (Å²) in [6, 6.07) is 4.59. The van der Waals surface area contributed by atoms with Crippen LogP contribution in [0, 0.1) is 0 Å². The van der Waals surface area contributed by atoms with Crippen LogP contribution in [0.4, 0.5) is 0 Å². The van der Waals surface area contributed by atoms with E-state index in [-0.39, 0.29) is 23.5 Å². The van der Waals surface area contributed by atoms with E-state index in [1.165, 1.54) is 6.07 Å². The Labute approximate surface area is 92.8 Å². The number of aromatic carboxylic acids is 1. The summed E-state index contributed by atoms with van der Waals surface area (Å²) in [5.74, 6) is -0.965. The van der Waals surface area contributed by atoms with Gasteiger partial charge in [0, 0.05) is 0 Å². The molecule has 0 aromatic heterocycles. The first-order chi connectivity index (χ1) is 7.41. The number of para-hydroxylation sites is 1. The zero-order valence-electron chi connectivity index (χ0n) is 9.11. The smallest absolute Gasteiger partial charge is 0.339 e. The Morgan fingerprint density at radius 1 is 1.44 bits per heavy atom. The zero-order chi connectivity index (χ0) is 11.9. The second-order valence-electron chi connectivity index (χ2n) is 4.45. The SMILES string of the molecule is CC1(C)CC(=O)c2cccc(C(=O)O)c2O1. The summed E-state index contributed by atoms with van der Waals surface area (Å²) in [6.07, 6.45) is 0.267. The molecule has 1 N–H and O–H groups in total. The van der Waals surface area contributed by atoms with E-state index in [1.807, 2.05) is 0 Å². The van der Waals surface area contributed by atoms with Crippen LogP contribution in [-0.2, 0) is 0 Å². The van der Waals surface area contributed by atoms with Gasteiger partial charge in [-0.25, -0.2) is 4.79 Å². The largest absolute Gasteiger partial charge is 0.486 e. The Kier molecular flexibility index (Phi) is 2.22. The Balaban J connectivity index is 2.61. The molecule has 1 aliphatic heterocycles. The van der Waals surface area contributed by atoms with Crippen LogP contribution in [0.5, 0.6) is 5.75 Å². The van der Waals surface area contributed by atoms with Crippen LogP contribution in [0.25, 0.3) is 0 Å². The van der Waals surface area contributed by atoms with Crippen LogP contribution in [0.3, 0.4) is 0 Å². The predicted molar refractivity (Wildman–Crippen MR) is 57.1 cm³/mol. The molecular formula is C12H12O4. The molecule has 1 heterocycles. The third kappa shape index (κ3) is 1.66. The maximum Gasteiger partial charge on any atom is 0.339 e. The van der Waals surface area contributed by atoms with Gasteiger partial charge in [-0.15, -0.1) is 0 Å². The van der Waals surface area contributed by atoms with E-state index in [1.54, 1.807) is 26.0 Å². The number of carboxylic acid groups (broad SMARTS) is 1. The molecule has 1 aromatic carbocycles. The van der Waals surface area contributed by atoms with Crippen molar-refractivity contribution < 1.29 is 19.4 Å². The summed E-state index contributed by atoms with van der Waals surface area (Å²) in [7, 11) is 0. The molecule has 0 unspecified atom stereocenters. The van der Waals surface area contributed by atoms with Gasteiger partial charge in [-0.1, -0.05) is 6.07 Å². The lowest BCUT2D eigenvalue weighted by molar-refractivity contribution is 0.0583. The normalized spacial score (nSPS) is 17.5. The molecule has 0 atom stereocenters. The van der Waals surface area contributed by atoms with Crippen molar-refractivity contribution in [3.05, 3.63) is 29.3 Å². The fourth-order valence-electron chi connectivity index (χ4n) is 1.83. The molecule has 4 heteroatoms. The molecule has 0 saturated carbocycles. The molecule has 0 saturated heterocycles. The Morgan fingerprint density at radius 2 is 2.12 bits per heavy atom. The summed E-state index contributed by atoms with van der Waals surface area (Å²) >= 11 is 0. The summed E-state index contributed by atoms with van der Waals surface area (Å²) in [4.78, 5) is 22.8. The van der Waals surface area contributed by atoms with Crippen molar-refractivity contribution in [1.29, 1.82) is 0 Å². The van der Waals surface area contributed by atoms with Crippen molar-refractivity contribution in [2.24, 2.45) is 0 Å². The number of ketones is 1. The Hall–Kier alpha value is -1.84. The van der Waals surface area contributed by atoms with Crippen molar-refractivity contribution >= 4 is 11.8 Å². The van der Waals surface area contributed by atoms with Gasteiger partial charge in [0.25, 0.3) is 0 Å². The third-order valence-electron chi connectivity index (χ3n) is 2.51. The number of hydrogen-bond donors (Lipinski definition) is 1. The fraction of sp³-hybridized carbons (Fsp3) is 0.333. The van der Waals surface area contributed by atoms with Crippen LogP contribution in [0.15, 0.2) is 18.2 Å². The summed E-state index contributed by atoms with van der Waals surface area (Å²) in [5, 5.41) is 9.01. The molecule has 0 radical (unpaired) electrons. The molecule has 84 valence electrons. The second-order valence-corrected chi connectivity index (χ2v) is 4.45. The molecular weight excluding hydrogens is 208 g/mol. The molecule has 0 fully saturated rings. The molecule has 0 bridgehead atoms. The number of fused-ring (bicyclic) bond motifs is 1. The standard InChI is InChI=1S/C12H12O4/c1-12(2)6-9(13)7-4-3-5-8(11(14)15)10(7)16-12/h3-5H,6H2,1-2H3,(H,14,15). The summed E-state index contributed by atoms with van der Waals surface area (Å²) < 4.78 is 5.58. The number of Topliss-reactive ketones (excluding diaryl/α,β-unsaturated/α-hetero) is 1. The van der Waals surface area contributed by atoms with E-state index < -0.39 is 11.6 Å². The molecule has 1 aromatic rings. The average molecular weight is 220 g/mol. The number of carbonyl (C=O) groups is 2. The highest BCUT2D eigenvalue weighted by Crippen LogP contribution is 2.35. The maximum absolute atomic E-state index is 11.8. The summed E-state index contributed by atoms with van der Waals surface area (Å²) in [6.45, 7) is 3.54. The number of benzene rings is 1. The first kappa shape index (κ1) is 10.7. The van der Waals surface area contributed by atoms with E-state index in [0.717, 1.165) is 0 Å². The van der Waals surface area contributed by atoms with E-state index >= 15 is 0 Å². The van der Waals surface area contributed by atoms with Crippen LogP contribution >= 0.6 is 0 Å². The first-order valence-electron chi connectivity index (χ1n) is 4.99. The van der Waals surface area contributed by atoms with Crippen LogP contribution in [-0.4, -0.2) is 22.5 Å². The van der Waals surface area contributed by atoms with Crippen molar-refractivity contribution in [2.75, 3.05) is 0 Å². The molecule has 0 amide bonds. The van der Waals surface area contributed by atoms with Crippen molar-refractivity contribution in [2.45, 2.75) is 25.9 Å². The number of carbonyl (C=O) groups excluding carboxylic acids is 1. The van der Waals surface area contributed by atoms with Crippen molar-refractivity contribution in [3.8, 4) is 5.75 Å². The van der Waals surface area contributed by atoms with Crippen molar-refractivity contribution in [1.82, 2.24) is 0 Å². The quantitative estimate of drug-likeness (QED) is 0.787. The number of ether oxygens (including phenoxy) is 1. The van der Waals surface area contributed by atoms with Gasteiger partial charge in [0.1, 0.15) is 16.9 Å². The highest BCUT2D eigenvalue weighted by molar-refractivity contribution is 6.04. The van der Waals surface area contributed by atoms with Gasteiger partial charge in [0.2, 0.25) is 0 Å². The summed E-state index contributed by atoms with van der Waals surface area (Å²) in [5.41, 5.74) is -0.242. The molecule has 0 spiro atoms. The second kappa shape index (κ2) is 3.33. The van der Waals surface area contributed by atoms with Crippen LogP contribution in [0.1, 0.15) is 41.0 Å². The number of hydrogen-bond acceptors (Lipinski definition) is 3.